The number of nitrogens with zero attached hydrogens (tertiary/aromatic N) is 2. The highest BCUT2D eigenvalue weighted by atomic mass is 79.9. The number of rotatable bonds is 8. The first-order valence-corrected chi connectivity index (χ1v) is 9.18. The van der Waals surface area contributed by atoms with Gasteiger partial charge >= 0.3 is 0 Å². The summed E-state index contributed by atoms with van der Waals surface area (Å²) >= 11 is 3.80. The van der Waals surface area contributed by atoms with E-state index in [1.54, 1.807) is 0 Å². The van der Waals surface area contributed by atoms with Crippen molar-refractivity contribution in [3.05, 3.63) is 0 Å². The molecule has 0 amide bonds. The van der Waals surface area contributed by atoms with E-state index in [2.05, 4.69) is 61.9 Å². The predicted octanol–water partition coefficient (Wildman–Crippen LogP) is 3.45. The van der Waals surface area contributed by atoms with Crippen LogP contribution in [0.4, 0.5) is 0 Å². The van der Waals surface area contributed by atoms with Crippen molar-refractivity contribution < 1.29 is 14.0 Å². The molecule has 1 heterocycles. The summed E-state index contributed by atoms with van der Waals surface area (Å²) in [6, 6.07) is 0.647. The standard InChI is InChI=1S/C17H36BrN2O2/c1-8-21-11-12-22-10-9-20(6,7)15-13-16(2,3)19(18)17(4,5)14-15/h15H,8-14H2,1-7H3/q+1. The molecule has 1 rings (SSSR count). The van der Waals surface area contributed by atoms with Gasteiger partial charge in [0, 0.05) is 46.7 Å². The van der Waals surface area contributed by atoms with Gasteiger partial charge in [-0.05, 0) is 34.6 Å². The maximum absolute atomic E-state index is 5.73. The van der Waals surface area contributed by atoms with Crippen molar-refractivity contribution in [3.63, 3.8) is 0 Å². The van der Waals surface area contributed by atoms with E-state index in [1.807, 2.05) is 6.92 Å². The molecule has 0 atom stereocenters. The molecule has 0 saturated carbocycles. The fourth-order valence-corrected chi connectivity index (χ4v) is 3.84. The highest BCUT2D eigenvalue weighted by Crippen LogP contribution is 2.43. The third-order valence-corrected chi connectivity index (χ3v) is 6.83. The van der Waals surface area contributed by atoms with Crippen molar-refractivity contribution >= 4 is 16.1 Å². The maximum atomic E-state index is 5.73. The monoisotopic (exact) mass is 379 g/mol. The Bertz CT molecular complexity index is 328. The molecule has 0 aliphatic carbocycles. The smallest absolute Gasteiger partial charge is 0.102 e. The zero-order valence-corrected chi connectivity index (χ0v) is 17.2. The summed E-state index contributed by atoms with van der Waals surface area (Å²) in [6.07, 6.45) is 2.38. The van der Waals surface area contributed by atoms with Crippen LogP contribution in [0.5, 0.6) is 0 Å². The van der Waals surface area contributed by atoms with Crippen LogP contribution in [0.25, 0.3) is 0 Å². The van der Waals surface area contributed by atoms with Crippen LogP contribution in [0, 0.1) is 0 Å². The Hall–Kier alpha value is 0.320. The number of hydrogen-bond acceptors (Lipinski definition) is 3. The van der Waals surface area contributed by atoms with E-state index in [1.165, 1.54) is 12.8 Å². The first kappa shape index (κ1) is 20.4. The Morgan fingerprint density at radius 2 is 1.50 bits per heavy atom. The maximum Gasteiger partial charge on any atom is 0.102 e. The van der Waals surface area contributed by atoms with Gasteiger partial charge in [0.25, 0.3) is 0 Å². The van der Waals surface area contributed by atoms with Crippen molar-refractivity contribution in [1.82, 2.24) is 3.93 Å². The van der Waals surface area contributed by atoms with Crippen LogP contribution in [0.15, 0.2) is 0 Å². The van der Waals surface area contributed by atoms with E-state index in [0.29, 0.717) is 19.3 Å². The minimum atomic E-state index is 0.164. The summed E-state index contributed by atoms with van der Waals surface area (Å²) in [5, 5.41) is 0. The molecule has 1 aliphatic rings. The molecule has 1 aliphatic heterocycles. The largest absolute Gasteiger partial charge is 0.379 e. The molecule has 0 bridgehead atoms. The molecule has 0 radical (unpaired) electrons. The van der Waals surface area contributed by atoms with Gasteiger partial charge in [0.1, 0.15) is 6.54 Å². The van der Waals surface area contributed by atoms with Gasteiger partial charge in [0.2, 0.25) is 0 Å². The Kier molecular flexibility index (Phi) is 7.34. The minimum absolute atomic E-state index is 0.164. The summed E-state index contributed by atoms with van der Waals surface area (Å²) in [4.78, 5) is 0. The van der Waals surface area contributed by atoms with Crippen molar-refractivity contribution in [3.8, 4) is 0 Å². The van der Waals surface area contributed by atoms with Crippen LogP contribution < -0.4 is 0 Å². The van der Waals surface area contributed by atoms with Crippen molar-refractivity contribution in [2.75, 3.05) is 47.1 Å². The number of halogens is 1. The molecule has 1 fully saturated rings. The van der Waals surface area contributed by atoms with Crippen molar-refractivity contribution in [1.29, 1.82) is 0 Å². The SMILES string of the molecule is CCOCCOCC[N+](C)(C)C1CC(C)(C)N(Br)C(C)(C)C1. The van der Waals surface area contributed by atoms with Crippen LogP contribution in [-0.4, -0.2) is 72.6 Å². The van der Waals surface area contributed by atoms with Crippen LogP contribution in [-0.2, 0) is 9.47 Å². The molecule has 132 valence electrons. The van der Waals surface area contributed by atoms with E-state index in [9.17, 15) is 0 Å². The second-order valence-electron chi connectivity index (χ2n) is 8.28. The Labute approximate surface area is 146 Å². The highest BCUT2D eigenvalue weighted by Gasteiger charge is 2.49. The molecule has 1 saturated heterocycles. The second-order valence-corrected chi connectivity index (χ2v) is 8.99. The topological polar surface area (TPSA) is 21.7 Å². The third-order valence-electron chi connectivity index (χ3n) is 4.91. The lowest BCUT2D eigenvalue weighted by atomic mass is 9.78. The predicted molar refractivity (Wildman–Crippen MR) is 96.2 cm³/mol. The van der Waals surface area contributed by atoms with Gasteiger partial charge in [0.05, 0.1) is 40.0 Å². The first-order valence-electron chi connectivity index (χ1n) is 8.47. The van der Waals surface area contributed by atoms with Gasteiger partial charge in [-0.2, -0.15) is 0 Å². The van der Waals surface area contributed by atoms with Gasteiger partial charge in [0.15, 0.2) is 0 Å². The highest BCUT2D eigenvalue weighted by molar-refractivity contribution is 9.07. The molecule has 4 nitrogen and oxygen atoms in total. The molecule has 22 heavy (non-hydrogen) atoms. The number of quaternary nitrogens is 1. The lowest BCUT2D eigenvalue weighted by Gasteiger charge is -2.55. The van der Waals surface area contributed by atoms with E-state index in [4.69, 9.17) is 9.47 Å². The van der Waals surface area contributed by atoms with Crippen LogP contribution >= 0.6 is 16.1 Å². The minimum Gasteiger partial charge on any atom is -0.379 e. The zero-order valence-electron chi connectivity index (χ0n) is 15.6. The molecular formula is C17H36BrN2O2+. The molecule has 0 unspecified atom stereocenters. The Balaban J connectivity index is 2.53. The van der Waals surface area contributed by atoms with Crippen LogP contribution in [0.1, 0.15) is 47.5 Å². The van der Waals surface area contributed by atoms with E-state index >= 15 is 0 Å². The number of likely N-dealkylation sites (N-methyl/N-ethyl adjacent to an activating group) is 1. The molecule has 0 N–H and O–H groups in total. The summed E-state index contributed by atoms with van der Waals surface area (Å²) < 4.78 is 14.4. The van der Waals surface area contributed by atoms with Crippen molar-refractivity contribution in [2.24, 2.45) is 0 Å². The van der Waals surface area contributed by atoms with Gasteiger partial charge < -0.3 is 14.0 Å². The van der Waals surface area contributed by atoms with E-state index in [0.717, 1.165) is 24.2 Å². The number of hydrogen-bond donors (Lipinski definition) is 0. The van der Waals surface area contributed by atoms with Crippen molar-refractivity contribution in [2.45, 2.75) is 64.6 Å². The molecule has 0 aromatic carbocycles. The zero-order chi connectivity index (χ0) is 17.0. The average Bonchev–Trinajstić information content (AvgIpc) is 2.39. The first-order chi connectivity index (χ1) is 10.0. The van der Waals surface area contributed by atoms with Gasteiger partial charge in [-0.25, -0.2) is 3.93 Å². The number of piperidine rings is 1. The quantitative estimate of drug-likeness (QED) is 0.366. The molecule has 5 heteroatoms. The summed E-state index contributed by atoms with van der Waals surface area (Å²) in [6.45, 7) is 15.3. The Morgan fingerprint density at radius 3 is 2.00 bits per heavy atom. The van der Waals surface area contributed by atoms with Gasteiger partial charge in [-0.15, -0.1) is 0 Å². The molecule has 0 aromatic heterocycles. The summed E-state index contributed by atoms with van der Waals surface area (Å²) in [7, 11) is 4.68. The Morgan fingerprint density at radius 1 is 1.00 bits per heavy atom. The van der Waals surface area contributed by atoms with Gasteiger partial charge in [-0.1, -0.05) is 0 Å². The van der Waals surface area contributed by atoms with Crippen LogP contribution in [0.3, 0.4) is 0 Å². The second kappa shape index (κ2) is 7.93. The summed E-state index contributed by atoms with van der Waals surface area (Å²) in [5.74, 6) is 0. The number of ether oxygens (including phenoxy) is 2. The molecule has 0 spiro atoms. The lowest BCUT2D eigenvalue weighted by Crippen LogP contribution is -2.64. The summed E-state index contributed by atoms with van der Waals surface area (Å²) in [5.41, 5.74) is 0.329. The normalized spacial score (nSPS) is 22.9. The fourth-order valence-electron chi connectivity index (χ4n) is 3.55. The van der Waals surface area contributed by atoms with E-state index < -0.39 is 0 Å². The van der Waals surface area contributed by atoms with E-state index in [-0.39, 0.29) is 11.1 Å². The average molecular weight is 380 g/mol. The fraction of sp³-hybridized carbons (Fsp3) is 1.00. The van der Waals surface area contributed by atoms with Crippen LogP contribution in [0.2, 0.25) is 0 Å². The lowest BCUT2D eigenvalue weighted by molar-refractivity contribution is -0.918. The third kappa shape index (κ3) is 5.45. The van der Waals surface area contributed by atoms with Gasteiger partial charge in [-0.3, -0.25) is 0 Å². The molecular weight excluding hydrogens is 344 g/mol. The molecule has 0 aromatic rings.